The van der Waals surface area contributed by atoms with E-state index in [2.05, 4.69) is 25.2 Å². The van der Waals surface area contributed by atoms with Crippen molar-refractivity contribution in [3.63, 3.8) is 0 Å². The molecule has 1 fully saturated rings. The zero-order valence-electron chi connectivity index (χ0n) is 16.6. The molecule has 1 aliphatic heterocycles. The fourth-order valence-corrected chi connectivity index (χ4v) is 3.65. The van der Waals surface area contributed by atoms with E-state index in [-0.39, 0.29) is 18.2 Å². The van der Waals surface area contributed by atoms with Crippen LogP contribution in [0.25, 0.3) is 22.0 Å². The minimum Gasteiger partial charge on any atom is -0.353 e. The van der Waals surface area contributed by atoms with E-state index >= 15 is 0 Å². The molecule has 0 radical (unpaired) electrons. The number of ketones is 1. The van der Waals surface area contributed by atoms with Gasteiger partial charge in [0.2, 0.25) is 0 Å². The Bertz CT molecular complexity index is 1240. The summed E-state index contributed by atoms with van der Waals surface area (Å²) in [6.45, 7) is 1.54. The number of carbonyl (C=O) groups is 1. The number of aryl methyl sites for hydroxylation is 1. The molecule has 1 saturated heterocycles. The van der Waals surface area contributed by atoms with Crippen LogP contribution in [-0.4, -0.2) is 49.9 Å². The molecular formula is C22H21N7O. The average Bonchev–Trinajstić information content (AvgIpc) is 3.17. The first-order valence-electron chi connectivity index (χ1n) is 9.80. The number of nitrogens with zero attached hydrogens (tertiary/aromatic N) is 6. The molecule has 8 heteroatoms. The number of Topliss-reactive ketones (excluding diaryl/α,β-unsaturated/α-hetero) is 1. The number of hydrogen-bond acceptors (Lipinski definition) is 7. The highest BCUT2D eigenvalue weighted by Crippen LogP contribution is 2.24. The first-order valence-corrected chi connectivity index (χ1v) is 9.80. The fraction of sp³-hybridized carbons (Fsp3) is 0.227. The van der Waals surface area contributed by atoms with E-state index in [1.54, 1.807) is 23.1 Å². The topological polar surface area (TPSA) is 103 Å². The second-order valence-corrected chi connectivity index (χ2v) is 7.68. The summed E-state index contributed by atoms with van der Waals surface area (Å²) in [5, 5.41) is 10.2. The van der Waals surface area contributed by atoms with Gasteiger partial charge >= 0.3 is 0 Å². The summed E-state index contributed by atoms with van der Waals surface area (Å²) in [6, 6.07) is 11.8. The van der Waals surface area contributed by atoms with E-state index in [9.17, 15) is 4.79 Å². The lowest BCUT2D eigenvalue weighted by Gasteiger charge is -2.37. The lowest BCUT2D eigenvalue weighted by molar-refractivity contribution is 0.0992. The summed E-state index contributed by atoms with van der Waals surface area (Å²) in [6.07, 6.45) is 5.58. The molecule has 0 aliphatic carbocycles. The maximum atomic E-state index is 12.9. The van der Waals surface area contributed by atoms with E-state index in [1.807, 2.05) is 43.6 Å². The number of anilines is 1. The van der Waals surface area contributed by atoms with Crippen molar-refractivity contribution < 1.29 is 4.79 Å². The van der Waals surface area contributed by atoms with E-state index in [0.29, 0.717) is 5.56 Å². The summed E-state index contributed by atoms with van der Waals surface area (Å²) >= 11 is 0. The van der Waals surface area contributed by atoms with Gasteiger partial charge in [-0.05, 0) is 29.7 Å². The summed E-state index contributed by atoms with van der Waals surface area (Å²) in [7, 11) is 1.84. The molecule has 5 rings (SSSR count). The van der Waals surface area contributed by atoms with E-state index in [0.717, 1.165) is 46.6 Å². The highest BCUT2D eigenvalue weighted by molar-refractivity contribution is 5.98. The Balaban J connectivity index is 1.38. The summed E-state index contributed by atoms with van der Waals surface area (Å²) in [4.78, 5) is 23.8. The third-order valence-electron chi connectivity index (χ3n) is 5.32. The Morgan fingerprint density at radius 3 is 2.77 bits per heavy atom. The summed E-state index contributed by atoms with van der Waals surface area (Å²) in [5.74, 6) is 0.808. The maximum Gasteiger partial charge on any atom is 0.169 e. The number of hydrogen-bond donors (Lipinski definition) is 1. The molecule has 150 valence electrons. The lowest BCUT2D eigenvalue weighted by Crippen LogP contribution is -2.56. The van der Waals surface area contributed by atoms with Crippen molar-refractivity contribution in [1.82, 2.24) is 25.0 Å². The highest BCUT2D eigenvalue weighted by atomic mass is 16.1. The van der Waals surface area contributed by atoms with E-state index in [4.69, 9.17) is 5.73 Å². The van der Waals surface area contributed by atoms with Gasteiger partial charge < -0.3 is 10.6 Å². The zero-order valence-corrected chi connectivity index (χ0v) is 16.6. The predicted molar refractivity (Wildman–Crippen MR) is 114 cm³/mol. The Labute approximate surface area is 173 Å². The van der Waals surface area contributed by atoms with Crippen LogP contribution >= 0.6 is 0 Å². The summed E-state index contributed by atoms with van der Waals surface area (Å²) in [5.41, 5.74) is 9.00. The van der Waals surface area contributed by atoms with Crippen molar-refractivity contribution >= 4 is 22.4 Å². The number of fused-ring (bicyclic) bond motifs is 1. The van der Waals surface area contributed by atoms with Gasteiger partial charge in [0.1, 0.15) is 11.5 Å². The van der Waals surface area contributed by atoms with Crippen LogP contribution in [0.2, 0.25) is 0 Å². The van der Waals surface area contributed by atoms with Gasteiger partial charge in [0, 0.05) is 60.8 Å². The Hall–Kier alpha value is -3.65. The molecule has 0 bridgehead atoms. The maximum absolute atomic E-state index is 12.9. The van der Waals surface area contributed by atoms with Crippen molar-refractivity contribution in [3.05, 3.63) is 66.2 Å². The SMILES string of the molecule is Cn1cc(-c2ccc3cnc(CC(=O)c4ccnc(N5CC(N)C5)c4)cc3c2)nn1. The average molecular weight is 399 g/mol. The van der Waals surface area contributed by atoms with Gasteiger partial charge in [-0.1, -0.05) is 17.3 Å². The Morgan fingerprint density at radius 2 is 2.00 bits per heavy atom. The van der Waals surface area contributed by atoms with Crippen LogP contribution in [0.15, 0.2) is 55.0 Å². The monoisotopic (exact) mass is 399 g/mol. The Morgan fingerprint density at radius 1 is 1.13 bits per heavy atom. The molecule has 3 aromatic heterocycles. The third kappa shape index (κ3) is 3.53. The van der Waals surface area contributed by atoms with Gasteiger partial charge in [0.25, 0.3) is 0 Å². The molecule has 0 unspecified atom stereocenters. The molecule has 8 nitrogen and oxygen atoms in total. The van der Waals surface area contributed by atoms with Crippen molar-refractivity contribution in [2.45, 2.75) is 12.5 Å². The number of aromatic nitrogens is 5. The molecular weight excluding hydrogens is 378 g/mol. The molecule has 0 atom stereocenters. The van der Waals surface area contributed by atoms with Gasteiger partial charge in [-0.3, -0.25) is 14.5 Å². The van der Waals surface area contributed by atoms with Crippen LogP contribution in [0, 0.1) is 0 Å². The molecule has 1 aromatic carbocycles. The quantitative estimate of drug-likeness (QED) is 0.512. The molecule has 0 spiro atoms. The fourth-order valence-electron chi connectivity index (χ4n) is 3.65. The first kappa shape index (κ1) is 18.4. The van der Waals surface area contributed by atoms with Gasteiger partial charge in [-0.2, -0.15) is 0 Å². The van der Waals surface area contributed by atoms with E-state index in [1.165, 1.54) is 0 Å². The van der Waals surface area contributed by atoms with Crippen LogP contribution in [0.5, 0.6) is 0 Å². The first-order chi connectivity index (χ1) is 14.5. The zero-order chi connectivity index (χ0) is 20.7. The second-order valence-electron chi connectivity index (χ2n) is 7.68. The van der Waals surface area contributed by atoms with Crippen molar-refractivity contribution in [3.8, 4) is 11.3 Å². The lowest BCUT2D eigenvalue weighted by atomic mass is 10.0. The second kappa shape index (κ2) is 7.31. The van der Waals surface area contributed by atoms with Crippen molar-refractivity contribution in [2.24, 2.45) is 12.8 Å². The number of benzene rings is 1. The van der Waals surface area contributed by atoms with Crippen LogP contribution < -0.4 is 10.6 Å². The minimum atomic E-state index is 0.0143. The smallest absolute Gasteiger partial charge is 0.169 e. The highest BCUT2D eigenvalue weighted by Gasteiger charge is 2.24. The standard InChI is InChI=1S/C22H21N7O/c1-28-13-20(26-27-28)14-2-3-16-10-25-19(7-17(16)6-14)9-21(30)15-4-5-24-22(8-15)29-11-18(23)12-29/h2-8,10,13,18H,9,11-12,23H2,1H3. The normalized spacial score (nSPS) is 14.1. The predicted octanol–water partition coefficient (Wildman–Crippen LogP) is 2.00. The number of nitrogens with two attached hydrogens (primary N) is 1. The van der Waals surface area contributed by atoms with Gasteiger partial charge in [-0.25, -0.2) is 4.98 Å². The summed E-state index contributed by atoms with van der Waals surface area (Å²) < 4.78 is 1.67. The largest absolute Gasteiger partial charge is 0.353 e. The number of rotatable bonds is 5. The Kier molecular flexibility index (Phi) is 4.48. The number of pyridine rings is 2. The minimum absolute atomic E-state index is 0.0143. The molecule has 0 amide bonds. The van der Waals surface area contributed by atoms with Crippen molar-refractivity contribution in [1.29, 1.82) is 0 Å². The van der Waals surface area contributed by atoms with Crippen LogP contribution in [0.3, 0.4) is 0 Å². The van der Waals surface area contributed by atoms with E-state index < -0.39 is 0 Å². The molecule has 4 aromatic rings. The van der Waals surface area contributed by atoms with Gasteiger partial charge in [-0.15, -0.1) is 5.10 Å². The van der Waals surface area contributed by atoms with Gasteiger partial charge in [0.15, 0.2) is 5.78 Å². The molecule has 0 saturated carbocycles. The number of carbonyl (C=O) groups excluding carboxylic acids is 1. The molecule has 30 heavy (non-hydrogen) atoms. The molecule has 4 heterocycles. The molecule has 1 aliphatic rings. The molecule has 2 N–H and O–H groups in total. The van der Waals surface area contributed by atoms with Crippen LogP contribution in [0.1, 0.15) is 16.1 Å². The van der Waals surface area contributed by atoms with Gasteiger partial charge in [0.05, 0.1) is 12.6 Å². The van der Waals surface area contributed by atoms with Crippen molar-refractivity contribution in [2.75, 3.05) is 18.0 Å². The third-order valence-corrected chi connectivity index (χ3v) is 5.32. The van der Waals surface area contributed by atoms with Crippen LogP contribution in [-0.2, 0) is 13.5 Å². The van der Waals surface area contributed by atoms with Crippen LogP contribution in [0.4, 0.5) is 5.82 Å².